The van der Waals surface area contributed by atoms with Crippen molar-refractivity contribution >= 4 is 17.7 Å². The molecule has 3 amide bonds. The molecule has 2 unspecified atom stereocenters. The Bertz CT molecular complexity index is 735. The maximum atomic E-state index is 13.0. The van der Waals surface area contributed by atoms with Gasteiger partial charge in [0.1, 0.15) is 5.69 Å². The minimum Gasteiger partial charge on any atom is -0.350 e. The number of carbonyl (C=O) groups excluding carboxylic acids is 3. The molecular formula is C19H29N5O3. The Morgan fingerprint density at radius 1 is 1.30 bits per heavy atom. The first-order chi connectivity index (χ1) is 12.7. The van der Waals surface area contributed by atoms with E-state index in [2.05, 4.69) is 15.7 Å². The molecule has 2 N–H and O–H groups in total. The Morgan fingerprint density at radius 3 is 2.63 bits per heavy atom. The molecule has 1 aromatic rings. The average Bonchev–Trinajstić information content (AvgIpc) is 2.94. The standard InChI is InChI=1S/C19H29N5O3/c1-12-11-20-23(4)16(12)17(26)21-13-6-5-8-24(9-7-13)18(27)14-10-15(25)22-19(14,2)3/h11,13-14H,5-10H2,1-4H3,(H,21,26)(H,22,25). The number of aryl methyl sites for hydroxylation is 2. The lowest BCUT2D eigenvalue weighted by Crippen LogP contribution is -2.48. The second-order valence-corrected chi connectivity index (χ2v) is 8.25. The normalized spacial score (nSPS) is 25.0. The van der Waals surface area contributed by atoms with Crippen LogP contribution in [0.2, 0.25) is 0 Å². The number of hydrogen-bond acceptors (Lipinski definition) is 4. The van der Waals surface area contributed by atoms with Gasteiger partial charge < -0.3 is 15.5 Å². The van der Waals surface area contributed by atoms with Crippen molar-refractivity contribution in [2.45, 2.75) is 58.0 Å². The number of carbonyl (C=O) groups is 3. The van der Waals surface area contributed by atoms with E-state index < -0.39 is 5.54 Å². The van der Waals surface area contributed by atoms with Gasteiger partial charge in [0.05, 0.1) is 12.1 Å². The fraction of sp³-hybridized carbons (Fsp3) is 0.684. The second kappa shape index (κ2) is 7.32. The third kappa shape index (κ3) is 3.99. The molecule has 27 heavy (non-hydrogen) atoms. The van der Waals surface area contributed by atoms with Crippen LogP contribution in [0.25, 0.3) is 0 Å². The Morgan fingerprint density at radius 2 is 2.04 bits per heavy atom. The fourth-order valence-corrected chi connectivity index (χ4v) is 4.14. The lowest BCUT2D eigenvalue weighted by Gasteiger charge is -2.30. The van der Waals surface area contributed by atoms with Crippen molar-refractivity contribution in [1.29, 1.82) is 0 Å². The number of hydrogen-bond donors (Lipinski definition) is 2. The highest BCUT2D eigenvalue weighted by atomic mass is 16.2. The average molecular weight is 375 g/mol. The molecule has 3 heterocycles. The van der Waals surface area contributed by atoms with E-state index in [4.69, 9.17) is 0 Å². The van der Waals surface area contributed by atoms with E-state index in [-0.39, 0.29) is 36.1 Å². The molecule has 2 saturated heterocycles. The molecule has 2 aliphatic rings. The molecule has 0 saturated carbocycles. The molecule has 3 rings (SSSR count). The number of amides is 3. The van der Waals surface area contributed by atoms with Crippen molar-refractivity contribution in [2.24, 2.45) is 13.0 Å². The van der Waals surface area contributed by atoms with Crippen LogP contribution in [-0.4, -0.2) is 57.1 Å². The minimum absolute atomic E-state index is 0.0287. The minimum atomic E-state index is -0.509. The van der Waals surface area contributed by atoms with E-state index in [1.54, 1.807) is 17.9 Å². The number of likely N-dealkylation sites (tertiary alicyclic amines) is 1. The van der Waals surface area contributed by atoms with E-state index in [9.17, 15) is 14.4 Å². The molecule has 0 spiro atoms. The van der Waals surface area contributed by atoms with Crippen LogP contribution in [0.15, 0.2) is 6.20 Å². The monoisotopic (exact) mass is 375 g/mol. The van der Waals surface area contributed by atoms with Crippen molar-refractivity contribution in [1.82, 2.24) is 25.3 Å². The van der Waals surface area contributed by atoms with Gasteiger partial charge in [-0.05, 0) is 45.6 Å². The Balaban J connectivity index is 1.60. The van der Waals surface area contributed by atoms with Gasteiger partial charge in [-0.3, -0.25) is 19.1 Å². The zero-order chi connectivity index (χ0) is 19.8. The lowest BCUT2D eigenvalue weighted by atomic mass is 9.88. The summed E-state index contributed by atoms with van der Waals surface area (Å²) in [6.45, 7) is 6.93. The Labute approximate surface area is 159 Å². The zero-order valence-corrected chi connectivity index (χ0v) is 16.5. The highest BCUT2D eigenvalue weighted by molar-refractivity contribution is 5.94. The first-order valence-corrected chi connectivity index (χ1v) is 9.58. The summed E-state index contributed by atoms with van der Waals surface area (Å²) < 4.78 is 1.59. The molecule has 8 nitrogen and oxygen atoms in total. The van der Waals surface area contributed by atoms with E-state index in [1.165, 1.54) is 0 Å². The number of nitrogens with one attached hydrogen (secondary N) is 2. The predicted octanol–water partition coefficient (Wildman–Crippen LogP) is 0.754. The molecule has 8 heteroatoms. The Kier molecular flexibility index (Phi) is 5.26. The molecule has 0 aromatic carbocycles. The van der Waals surface area contributed by atoms with Gasteiger partial charge in [0.2, 0.25) is 11.8 Å². The van der Waals surface area contributed by atoms with Gasteiger partial charge in [0.25, 0.3) is 5.91 Å². The van der Waals surface area contributed by atoms with Gasteiger partial charge in [-0.15, -0.1) is 0 Å². The van der Waals surface area contributed by atoms with Crippen molar-refractivity contribution < 1.29 is 14.4 Å². The highest BCUT2D eigenvalue weighted by Crippen LogP contribution is 2.29. The predicted molar refractivity (Wildman–Crippen MR) is 100.0 cm³/mol. The van der Waals surface area contributed by atoms with Gasteiger partial charge in [0, 0.05) is 38.1 Å². The SMILES string of the molecule is Cc1cnn(C)c1C(=O)NC1CCCN(C(=O)C2CC(=O)NC2(C)C)CC1. The summed E-state index contributed by atoms with van der Waals surface area (Å²) in [5.41, 5.74) is 0.913. The van der Waals surface area contributed by atoms with Gasteiger partial charge in [-0.2, -0.15) is 5.10 Å². The van der Waals surface area contributed by atoms with Crippen LogP contribution in [0.1, 0.15) is 55.6 Å². The Hall–Kier alpha value is -2.38. The van der Waals surface area contributed by atoms with E-state index in [1.807, 2.05) is 25.7 Å². The first-order valence-electron chi connectivity index (χ1n) is 9.58. The summed E-state index contributed by atoms with van der Waals surface area (Å²) in [7, 11) is 1.76. The molecule has 0 bridgehead atoms. The number of aromatic nitrogens is 2. The molecule has 2 fully saturated rings. The molecule has 1 aromatic heterocycles. The van der Waals surface area contributed by atoms with Crippen molar-refractivity contribution in [3.63, 3.8) is 0 Å². The summed E-state index contributed by atoms with van der Waals surface area (Å²) in [6.07, 6.45) is 4.31. The van der Waals surface area contributed by atoms with Crippen LogP contribution >= 0.6 is 0 Å². The molecule has 148 valence electrons. The van der Waals surface area contributed by atoms with Crippen LogP contribution in [0, 0.1) is 12.8 Å². The molecule has 2 atom stereocenters. The molecule has 0 radical (unpaired) electrons. The van der Waals surface area contributed by atoms with Gasteiger partial charge >= 0.3 is 0 Å². The molecule has 0 aliphatic carbocycles. The van der Waals surface area contributed by atoms with Crippen LogP contribution < -0.4 is 10.6 Å². The quantitative estimate of drug-likeness (QED) is 0.815. The summed E-state index contributed by atoms with van der Waals surface area (Å²) >= 11 is 0. The van der Waals surface area contributed by atoms with Crippen LogP contribution in [-0.2, 0) is 16.6 Å². The zero-order valence-electron chi connectivity index (χ0n) is 16.5. The maximum absolute atomic E-state index is 13.0. The smallest absolute Gasteiger partial charge is 0.270 e. The lowest BCUT2D eigenvalue weighted by molar-refractivity contribution is -0.137. The van der Waals surface area contributed by atoms with E-state index >= 15 is 0 Å². The van der Waals surface area contributed by atoms with Gasteiger partial charge in [0.15, 0.2) is 0 Å². The number of nitrogens with zero attached hydrogens (tertiary/aromatic N) is 3. The summed E-state index contributed by atoms with van der Waals surface area (Å²) in [5.74, 6) is -0.477. The van der Waals surface area contributed by atoms with Crippen LogP contribution in [0.4, 0.5) is 0 Å². The third-order valence-electron chi connectivity index (χ3n) is 5.73. The highest BCUT2D eigenvalue weighted by Gasteiger charge is 2.45. The number of rotatable bonds is 3. The largest absolute Gasteiger partial charge is 0.350 e. The molecular weight excluding hydrogens is 346 g/mol. The van der Waals surface area contributed by atoms with E-state index in [0.29, 0.717) is 25.2 Å². The van der Waals surface area contributed by atoms with Crippen molar-refractivity contribution in [2.75, 3.05) is 13.1 Å². The first kappa shape index (κ1) is 19.4. The fourth-order valence-electron chi connectivity index (χ4n) is 4.14. The molecule has 2 aliphatic heterocycles. The van der Waals surface area contributed by atoms with Crippen molar-refractivity contribution in [3.8, 4) is 0 Å². The maximum Gasteiger partial charge on any atom is 0.270 e. The second-order valence-electron chi connectivity index (χ2n) is 8.25. The van der Waals surface area contributed by atoms with E-state index in [0.717, 1.165) is 18.4 Å². The van der Waals surface area contributed by atoms with Gasteiger partial charge in [-0.25, -0.2) is 0 Å². The van der Waals surface area contributed by atoms with Crippen molar-refractivity contribution in [3.05, 3.63) is 17.5 Å². The van der Waals surface area contributed by atoms with Crippen LogP contribution in [0.3, 0.4) is 0 Å². The van der Waals surface area contributed by atoms with Gasteiger partial charge in [-0.1, -0.05) is 0 Å². The summed E-state index contributed by atoms with van der Waals surface area (Å²) in [4.78, 5) is 39.1. The topological polar surface area (TPSA) is 96.3 Å². The van der Waals surface area contributed by atoms with Crippen LogP contribution in [0.5, 0.6) is 0 Å². The summed E-state index contributed by atoms with van der Waals surface area (Å²) in [5, 5.41) is 10.1. The summed E-state index contributed by atoms with van der Waals surface area (Å²) in [6, 6.07) is 0.0287. The third-order valence-corrected chi connectivity index (χ3v) is 5.73.